The van der Waals surface area contributed by atoms with Gasteiger partial charge >= 0.3 is 6.03 Å². The van der Waals surface area contributed by atoms with Gasteiger partial charge in [0.2, 0.25) is 5.78 Å². The van der Waals surface area contributed by atoms with E-state index in [-0.39, 0.29) is 17.9 Å². The highest BCUT2D eigenvalue weighted by atomic mass is 32.1. The lowest BCUT2D eigenvalue weighted by atomic mass is 10.1. The Morgan fingerprint density at radius 1 is 1.10 bits per heavy atom. The molecule has 0 aliphatic heterocycles. The molecule has 2 N–H and O–H groups in total. The van der Waals surface area contributed by atoms with E-state index in [9.17, 15) is 9.59 Å². The zero-order valence-electron chi connectivity index (χ0n) is 12.1. The van der Waals surface area contributed by atoms with Crippen LogP contribution in [0.2, 0.25) is 0 Å². The van der Waals surface area contributed by atoms with Crippen LogP contribution in [0.4, 0.5) is 4.79 Å². The third-order valence-corrected chi connectivity index (χ3v) is 3.85. The minimum Gasteiger partial charge on any atom is -0.336 e. The Labute approximate surface area is 128 Å². The Morgan fingerprint density at radius 2 is 1.81 bits per heavy atom. The number of hydrogen-bond donors (Lipinski definition) is 2. The predicted molar refractivity (Wildman–Crippen MR) is 84.7 cm³/mol. The number of benzene rings is 1. The van der Waals surface area contributed by atoms with E-state index in [2.05, 4.69) is 10.6 Å². The van der Waals surface area contributed by atoms with Gasteiger partial charge in [0.1, 0.15) is 0 Å². The van der Waals surface area contributed by atoms with Crippen molar-refractivity contribution in [1.82, 2.24) is 10.6 Å². The highest BCUT2D eigenvalue weighted by Crippen LogP contribution is 2.19. The average molecular weight is 302 g/mol. The van der Waals surface area contributed by atoms with E-state index in [1.807, 2.05) is 38.1 Å². The maximum Gasteiger partial charge on any atom is 0.315 e. The molecule has 1 heterocycles. The molecular formula is C16H18N2O2S. The number of ketones is 1. The summed E-state index contributed by atoms with van der Waals surface area (Å²) in [6, 6.07) is 12.8. The second kappa shape index (κ2) is 7.04. The second-order valence-corrected chi connectivity index (χ2v) is 6.11. The van der Waals surface area contributed by atoms with Crippen molar-refractivity contribution >= 4 is 23.2 Å². The Balaban J connectivity index is 1.96. The SMILES string of the molecule is CC(C)NC(=O)NCc1ccc(C(=O)c2ccccc2)s1. The van der Waals surface area contributed by atoms with Gasteiger partial charge in [-0.25, -0.2) is 4.79 Å². The van der Waals surface area contributed by atoms with Crippen molar-refractivity contribution in [3.63, 3.8) is 0 Å². The molecule has 0 bridgehead atoms. The highest BCUT2D eigenvalue weighted by molar-refractivity contribution is 7.14. The maximum atomic E-state index is 12.3. The van der Waals surface area contributed by atoms with Crippen molar-refractivity contribution in [1.29, 1.82) is 0 Å². The normalized spacial score (nSPS) is 10.4. The lowest BCUT2D eigenvalue weighted by Gasteiger charge is -2.08. The van der Waals surface area contributed by atoms with Gasteiger partial charge in [-0.3, -0.25) is 4.79 Å². The second-order valence-electron chi connectivity index (χ2n) is 4.94. The van der Waals surface area contributed by atoms with E-state index in [1.54, 1.807) is 18.2 Å². The number of hydrogen-bond acceptors (Lipinski definition) is 3. The van der Waals surface area contributed by atoms with Crippen molar-refractivity contribution < 1.29 is 9.59 Å². The molecule has 0 radical (unpaired) electrons. The molecule has 2 rings (SSSR count). The van der Waals surface area contributed by atoms with Gasteiger partial charge in [-0.05, 0) is 26.0 Å². The number of thiophene rings is 1. The number of carbonyl (C=O) groups is 2. The van der Waals surface area contributed by atoms with Crippen LogP contribution in [0.25, 0.3) is 0 Å². The molecule has 0 atom stereocenters. The lowest BCUT2D eigenvalue weighted by molar-refractivity contribution is 0.104. The number of carbonyl (C=O) groups excluding carboxylic acids is 2. The molecule has 0 fully saturated rings. The third-order valence-electron chi connectivity index (χ3n) is 2.76. The first-order valence-corrected chi connectivity index (χ1v) is 7.60. The van der Waals surface area contributed by atoms with Crippen molar-refractivity contribution in [2.24, 2.45) is 0 Å². The number of amides is 2. The molecule has 0 spiro atoms. The highest BCUT2D eigenvalue weighted by Gasteiger charge is 2.12. The van der Waals surface area contributed by atoms with Gasteiger partial charge in [-0.1, -0.05) is 30.3 Å². The van der Waals surface area contributed by atoms with Gasteiger partial charge < -0.3 is 10.6 Å². The maximum absolute atomic E-state index is 12.3. The molecule has 0 aliphatic rings. The fourth-order valence-corrected chi connectivity index (χ4v) is 2.72. The van der Waals surface area contributed by atoms with E-state index in [1.165, 1.54) is 11.3 Å². The summed E-state index contributed by atoms with van der Waals surface area (Å²) in [6.45, 7) is 4.23. The van der Waals surface area contributed by atoms with Crippen LogP contribution in [0.15, 0.2) is 42.5 Å². The van der Waals surface area contributed by atoms with Crippen LogP contribution in [0.3, 0.4) is 0 Å². The van der Waals surface area contributed by atoms with E-state index in [0.29, 0.717) is 17.0 Å². The van der Waals surface area contributed by atoms with E-state index >= 15 is 0 Å². The molecule has 110 valence electrons. The average Bonchev–Trinajstić information content (AvgIpc) is 2.93. The Morgan fingerprint density at radius 3 is 2.48 bits per heavy atom. The number of rotatable bonds is 5. The van der Waals surface area contributed by atoms with Crippen LogP contribution < -0.4 is 10.6 Å². The van der Waals surface area contributed by atoms with Crippen LogP contribution in [-0.2, 0) is 6.54 Å². The van der Waals surface area contributed by atoms with Gasteiger partial charge in [0.15, 0.2) is 0 Å². The quantitative estimate of drug-likeness (QED) is 0.833. The molecular weight excluding hydrogens is 284 g/mol. The monoisotopic (exact) mass is 302 g/mol. The van der Waals surface area contributed by atoms with Crippen molar-refractivity contribution in [2.45, 2.75) is 26.4 Å². The van der Waals surface area contributed by atoms with Gasteiger partial charge in [-0.2, -0.15) is 0 Å². The zero-order valence-corrected chi connectivity index (χ0v) is 12.9. The standard InChI is InChI=1S/C16H18N2O2S/c1-11(2)18-16(20)17-10-13-8-9-14(21-13)15(19)12-6-4-3-5-7-12/h3-9,11H,10H2,1-2H3,(H2,17,18,20). The Hall–Kier alpha value is -2.14. The number of nitrogens with one attached hydrogen (secondary N) is 2. The van der Waals surface area contributed by atoms with E-state index in [0.717, 1.165) is 4.88 Å². The van der Waals surface area contributed by atoms with Gasteiger partial charge in [0, 0.05) is 16.5 Å². The van der Waals surface area contributed by atoms with E-state index < -0.39 is 0 Å². The number of urea groups is 1. The van der Waals surface area contributed by atoms with Crippen LogP contribution in [0.1, 0.15) is 34.0 Å². The lowest BCUT2D eigenvalue weighted by Crippen LogP contribution is -2.38. The summed E-state index contributed by atoms with van der Waals surface area (Å²) < 4.78 is 0. The summed E-state index contributed by atoms with van der Waals surface area (Å²) in [5.74, 6) is 0.0125. The fourth-order valence-electron chi connectivity index (χ4n) is 1.81. The van der Waals surface area contributed by atoms with Crippen LogP contribution in [0, 0.1) is 0 Å². The topological polar surface area (TPSA) is 58.2 Å². The predicted octanol–water partition coefficient (Wildman–Crippen LogP) is 3.19. The molecule has 4 nitrogen and oxygen atoms in total. The van der Waals surface area contributed by atoms with Crippen LogP contribution in [-0.4, -0.2) is 17.9 Å². The largest absolute Gasteiger partial charge is 0.336 e. The van der Waals surface area contributed by atoms with Crippen LogP contribution >= 0.6 is 11.3 Å². The Bertz CT molecular complexity index is 620. The molecule has 0 aliphatic carbocycles. The Kier molecular flexibility index (Phi) is 5.11. The molecule has 0 saturated heterocycles. The summed E-state index contributed by atoms with van der Waals surface area (Å²) >= 11 is 1.40. The smallest absolute Gasteiger partial charge is 0.315 e. The molecule has 0 unspecified atom stereocenters. The molecule has 1 aromatic heterocycles. The molecule has 1 aromatic carbocycles. The van der Waals surface area contributed by atoms with Crippen molar-refractivity contribution in [3.05, 3.63) is 57.8 Å². The van der Waals surface area contributed by atoms with Crippen molar-refractivity contribution in [2.75, 3.05) is 0 Å². The molecule has 2 aromatic rings. The van der Waals surface area contributed by atoms with Gasteiger partial charge in [0.05, 0.1) is 11.4 Å². The zero-order chi connectivity index (χ0) is 15.2. The first-order chi connectivity index (χ1) is 10.1. The van der Waals surface area contributed by atoms with Gasteiger partial charge in [-0.15, -0.1) is 11.3 Å². The summed E-state index contributed by atoms with van der Waals surface area (Å²) in [5.41, 5.74) is 0.677. The molecule has 5 heteroatoms. The summed E-state index contributed by atoms with van der Waals surface area (Å²) in [6.07, 6.45) is 0. The van der Waals surface area contributed by atoms with E-state index in [4.69, 9.17) is 0 Å². The molecule has 21 heavy (non-hydrogen) atoms. The molecule has 2 amide bonds. The fraction of sp³-hybridized carbons (Fsp3) is 0.250. The first-order valence-electron chi connectivity index (χ1n) is 6.79. The van der Waals surface area contributed by atoms with Crippen LogP contribution in [0.5, 0.6) is 0 Å². The summed E-state index contributed by atoms with van der Waals surface area (Å²) in [4.78, 5) is 25.4. The summed E-state index contributed by atoms with van der Waals surface area (Å²) in [7, 11) is 0. The summed E-state index contributed by atoms with van der Waals surface area (Å²) in [5, 5.41) is 5.53. The van der Waals surface area contributed by atoms with Crippen molar-refractivity contribution in [3.8, 4) is 0 Å². The minimum absolute atomic E-state index is 0.0125. The minimum atomic E-state index is -0.200. The first kappa shape index (κ1) is 15.3. The van der Waals surface area contributed by atoms with Gasteiger partial charge in [0.25, 0.3) is 0 Å². The third kappa shape index (κ3) is 4.43. The molecule has 0 saturated carbocycles.